The van der Waals surface area contributed by atoms with E-state index >= 15 is 0 Å². The summed E-state index contributed by atoms with van der Waals surface area (Å²) in [5.41, 5.74) is 3.95. The Morgan fingerprint density at radius 3 is 2.20 bits per heavy atom. The molecule has 0 atom stereocenters. The first-order valence-corrected chi connectivity index (χ1v) is 10.4. The molecule has 1 heterocycles. The van der Waals surface area contributed by atoms with E-state index in [9.17, 15) is 5.11 Å². The number of phenolic OH excluding ortho intramolecular Hbond substituents is 1. The van der Waals surface area contributed by atoms with Crippen LogP contribution in [-0.2, 0) is 4.74 Å². The number of anilines is 1. The molecule has 152 valence electrons. The average Bonchev–Trinajstić information content (AvgIpc) is 2.79. The molecule has 0 bridgehead atoms. The van der Waals surface area contributed by atoms with E-state index in [1.54, 1.807) is 24.4 Å². The Morgan fingerprint density at radius 2 is 1.47 bits per heavy atom. The summed E-state index contributed by atoms with van der Waals surface area (Å²) in [6.07, 6.45) is 1.64. The summed E-state index contributed by atoms with van der Waals surface area (Å²) in [6.45, 7) is 3.32. The van der Waals surface area contributed by atoms with Gasteiger partial charge >= 0.3 is 0 Å². The minimum atomic E-state index is 0.145. The number of rotatable bonds is 5. The second-order valence-electron chi connectivity index (χ2n) is 6.79. The summed E-state index contributed by atoms with van der Waals surface area (Å²) >= 11 is 3.40. The Morgan fingerprint density at radius 1 is 0.833 bits per heavy atom. The van der Waals surface area contributed by atoms with Crippen LogP contribution in [0.5, 0.6) is 5.75 Å². The number of aliphatic imine (C=N–C) groups is 1. The number of aromatic hydroxyl groups is 1. The maximum absolute atomic E-state index is 10.2. The van der Waals surface area contributed by atoms with Crippen LogP contribution >= 0.6 is 15.9 Å². The summed E-state index contributed by atoms with van der Waals surface area (Å²) < 4.78 is 6.38. The van der Waals surface area contributed by atoms with E-state index in [0.29, 0.717) is 11.3 Å². The van der Waals surface area contributed by atoms with E-state index in [0.717, 1.165) is 47.8 Å². The lowest BCUT2D eigenvalue weighted by Gasteiger charge is -2.28. The second-order valence-corrected chi connectivity index (χ2v) is 7.71. The van der Waals surface area contributed by atoms with Crippen LogP contribution in [0, 0.1) is 0 Å². The van der Waals surface area contributed by atoms with Crippen LogP contribution in [0.25, 0.3) is 0 Å². The molecule has 1 aliphatic heterocycles. The molecule has 0 amide bonds. The van der Waals surface area contributed by atoms with Crippen LogP contribution in [0.3, 0.4) is 0 Å². The molecule has 0 radical (unpaired) electrons. The van der Waals surface area contributed by atoms with Crippen molar-refractivity contribution in [1.29, 1.82) is 0 Å². The van der Waals surface area contributed by atoms with Crippen molar-refractivity contribution in [2.45, 2.75) is 0 Å². The molecule has 1 N–H and O–H groups in total. The van der Waals surface area contributed by atoms with Crippen molar-refractivity contribution in [2.24, 2.45) is 15.2 Å². The molecule has 1 fully saturated rings. The summed E-state index contributed by atoms with van der Waals surface area (Å²) in [6, 6.07) is 20.7. The lowest BCUT2D eigenvalue weighted by molar-refractivity contribution is 0.122. The zero-order valence-electron chi connectivity index (χ0n) is 16.3. The van der Waals surface area contributed by atoms with Gasteiger partial charge in [-0.05, 0) is 66.7 Å². The molecule has 0 aromatic heterocycles. The van der Waals surface area contributed by atoms with Gasteiger partial charge in [0.05, 0.1) is 30.3 Å². The minimum absolute atomic E-state index is 0.145. The lowest BCUT2D eigenvalue weighted by atomic mass is 10.2. The highest BCUT2D eigenvalue weighted by atomic mass is 79.9. The van der Waals surface area contributed by atoms with E-state index < -0.39 is 0 Å². The molecule has 6 nitrogen and oxygen atoms in total. The molecule has 3 aromatic carbocycles. The number of hydrogen-bond acceptors (Lipinski definition) is 6. The van der Waals surface area contributed by atoms with Crippen molar-refractivity contribution in [3.05, 3.63) is 76.8 Å². The largest absolute Gasteiger partial charge is 0.507 e. The molecule has 1 aliphatic rings. The number of morpholine rings is 1. The maximum Gasteiger partial charge on any atom is 0.124 e. The molecule has 0 saturated carbocycles. The van der Waals surface area contributed by atoms with Gasteiger partial charge in [-0.25, -0.2) is 0 Å². The van der Waals surface area contributed by atoms with Gasteiger partial charge in [0.2, 0.25) is 0 Å². The predicted molar refractivity (Wildman–Crippen MR) is 123 cm³/mol. The van der Waals surface area contributed by atoms with Gasteiger partial charge in [0.1, 0.15) is 5.75 Å². The topological polar surface area (TPSA) is 69.8 Å². The van der Waals surface area contributed by atoms with Crippen molar-refractivity contribution < 1.29 is 9.84 Å². The zero-order chi connectivity index (χ0) is 20.8. The summed E-state index contributed by atoms with van der Waals surface area (Å²) in [4.78, 5) is 6.78. The number of hydrogen-bond donors (Lipinski definition) is 1. The third-order valence-corrected chi connectivity index (χ3v) is 5.23. The molecule has 0 unspecified atom stereocenters. The van der Waals surface area contributed by atoms with E-state index in [-0.39, 0.29) is 5.75 Å². The number of azo groups is 1. The standard InChI is InChI=1S/C23H21BrN4O2/c24-18-1-3-20(4-2-18)26-27-21-7-10-23(29)17(15-21)16-25-19-5-8-22(9-6-19)28-11-13-30-14-12-28/h1-10,15-16,29H,11-14H2. The van der Waals surface area contributed by atoms with Crippen LogP contribution in [0.2, 0.25) is 0 Å². The zero-order valence-corrected chi connectivity index (χ0v) is 17.9. The van der Waals surface area contributed by atoms with Gasteiger partial charge in [-0.1, -0.05) is 15.9 Å². The Bertz CT molecular complexity index is 1040. The monoisotopic (exact) mass is 464 g/mol. The van der Waals surface area contributed by atoms with Crippen LogP contribution in [0.1, 0.15) is 5.56 Å². The normalized spacial score (nSPS) is 14.6. The quantitative estimate of drug-likeness (QED) is 0.363. The molecule has 3 aromatic rings. The SMILES string of the molecule is Oc1ccc(N=Nc2ccc(Br)cc2)cc1C=Nc1ccc(N2CCOCC2)cc1. The van der Waals surface area contributed by atoms with E-state index in [1.807, 2.05) is 36.4 Å². The van der Waals surface area contributed by atoms with E-state index in [2.05, 4.69) is 48.2 Å². The number of phenols is 1. The van der Waals surface area contributed by atoms with Gasteiger partial charge < -0.3 is 14.7 Å². The minimum Gasteiger partial charge on any atom is -0.507 e. The van der Waals surface area contributed by atoms with Gasteiger partial charge in [0.15, 0.2) is 0 Å². The molecule has 7 heteroatoms. The fraction of sp³-hybridized carbons (Fsp3) is 0.174. The highest BCUT2D eigenvalue weighted by Gasteiger charge is 2.10. The number of ether oxygens (including phenoxy) is 1. The molecule has 0 spiro atoms. The van der Waals surface area contributed by atoms with Crippen molar-refractivity contribution in [2.75, 3.05) is 31.2 Å². The van der Waals surface area contributed by atoms with Crippen LogP contribution in [0.4, 0.5) is 22.7 Å². The van der Waals surface area contributed by atoms with Gasteiger partial charge in [0, 0.05) is 35.0 Å². The van der Waals surface area contributed by atoms with Crippen molar-refractivity contribution in [3.63, 3.8) is 0 Å². The van der Waals surface area contributed by atoms with Crippen molar-refractivity contribution in [3.8, 4) is 5.75 Å². The second kappa shape index (κ2) is 9.65. The number of benzene rings is 3. The Kier molecular flexibility index (Phi) is 6.51. The molecule has 0 aliphatic carbocycles. The molecule has 30 heavy (non-hydrogen) atoms. The summed E-state index contributed by atoms with van der Waals surface area (Å²) in [5.74, 6) is 0.145. The van der Waals surface area contributed by atoms with Gasteiger partial charge in [-0.15, -0.1) is 0 Å². The smallest absolute Gasteiger partial charge is 0.124 e. The molecule has 1 saturated heterocycles. The first kappa shape index (κ1) is 20.3. The van der Waals surface area contributed by atoms with E-state index in [4.69, 9.17) is 4.74 Å². The Labute approximate surface area is 183 Å². The predicted octanol–water partition coefficient (Wildman–Crippen LogP) is 6.16. The molecular formula is C23H21BrN4O2. The van der Waals surface area contributed by atoms with Gasteiger partial charge in [-0.3, -0.25) is 4.99 Å². The third kappa shape index (κ3) is 5.31. The molecular weight excluding hydrogens is 444 g/mol. The average molecular weight is 465 g/mol. The summed E-state index contributed by atoms with van der Waals surface area (Å²) in [5, 5.41) is 18.6. The van der Waals surface area contributed by atoms with Crippen LogP contribution in [0.15, 0.2) is 86.4 Å². The first-order valence-electron chi connectivity index (χ1n) is 9.64. The van der Waals surface area contributed by atoms with Gasteiger partial charge in [-0.2, -0.15) is 10.2 Å². The number of nitrogens with zero attached hydrogens (tertiary/aromatic N) is 4. The fourth-order valence-corrected chi connectivity index (χ4v) is 3.31. The maximum atomic E-state index is 10.2. The van der Waals surface area contributed by atoms with Crippen LogP contribution < -0.4 is 4.90 Å². The van der Waals surface area contributed by atoms with E-state index in [1.165, 1.54) is 0 Å². The third-order valence-electron chi connectivity index (χ3n) is 4.70. The van der Waals surface area contributed by atoms with Crippen LogP contribution in [-0.4, -0.2) is 37.6 Å². The Hall–Kier alpha value is -3.03. The fourth-order valence-electron chi connectivity index (χ4n) is 3.05. The first-order chi connectivity index (χ1) is 14.7. The molecule has 4 rings (SSSR count). The summed E-state index contributed by atoms with van der Waals surface area (Å²) in [7, 11) is 0. The Balaban J connectivity index is 1.46. The van der Waals surface area contributed by atoms with Gasteiger partial charge in [0.25, 0.3) is 0 Å². The highest BCUT2D eigenvalue weighted by Crippen LogP contribution is 2.26. The van der Waals surface area contributed by atoms with Crippen molar-refractivity contribution in [1.82, 2.24) is 0 Å². The number of halogens is 1. The lowest BCUT2D eigenvalue weighted by Crippen LogP contribution is -2.36. The highest BCUT2D eigenvalue weighted by molar-refractivity contribution is 9.10. The van der Waals surface area contributed by atoms with Crippen molar-refractivity contribution >= 4 is 44.9 Å².